The molecule has 0 spiro atoms. The molecular formula is C16H15ClN4O4S. The molecule has 2 aromatic heterocycles. The van der Waals surface area contributed by atoms with Crippen molar-refractivity contribution in [3.63, 3.8) is 0 Å². The number of aromatic carboxylic acids is 1. The van der Waals surface area contributed by atoms with Gasteiger partial charge in [-0.05, 0) is 36.8 Å². The zero-order chi connectivity index (χ0) is 19.1. The Morgan fingerprint density at radius 1 is 1.27 bits per heavy atom. The number of sulfonamides is 1. The van der Waals surface area contributed by atoms with E-state index in [0.717, 1.165) is 11.8 Å². The average Bonchev–Trinajstić information content (AvgIpc) is 2.83. The molecule has 10 heteroatoms. The van der Waals surface area contributed by atoms with Crippen LogP contribution in [0.5, 0.6) is 0 Å². The maximum atomic E-state index is 11.3. The molecule has 26 heavy (non-hydrogen) atoms. The smallest absolute Gasteiger partial charge is 0.354 e. The second-order valence-corrected chi connectivity index (χ2v) is 7.93. The number of carbonyl (C=O) groups is 1. The van der Waals surface area contributed by atoms with Crippen LogP contribution in [0.4, 0.5) is 5.69 Å². The molecule has 1 aromatic carbocycles. The van der Waals surface area contributed by atoms with Crippen molar-refractivity contribution in [2.24, 2.45) is 0 Å². The number of anilines is 1. The van der Waals surface area contributed by atoms with Gasteiger partial charge in [0.1, 0.15) is 11.3 Å². The molecule has 0 bridgehead atoms. The normalized spacial score (nSPS) is 11.7. The number of nitrogens with one attached hydrogen (secondary N) is 1. The van der Waals surface area contributed by atoms with E-state index in [1.165, 1.54) is 12.1 Å². The Balaban J connectivity index is 1.99. The second-order valence-electron chi connectivity index (χ2n) is 5.77. The van der Waals surface area contributed by atoms with Crippen molar-refractivity contribution in [3.05, 3.63) is 52.4 Å². The number of nitrogens with zero attached hydrogens (tertiary/aromatic N) is 3. The quantitative estimate of drug-likeness (QED) is 0.687. The third-order valence-corrected chi connectivity index (χ3v) is 4.65. The van der Waals surface area contributed by atoms with Gasteiger partial charge in [0.2, 0.25) is 10.0 Å². The maximum absolute atomic E-state index is 11.3. The standard InChI is InChI=1S/C16H15ClN4O4S/c1-9-18-13-5-6-14(16(22)23)19-15(13)21(9)8-10-3-4-11(7-12(10)17)20-26(2,24)25/h3-7,20H,8H2,1-2H3,(H,22,23). The fourth-order valence-corrected chi connectivity index (χ4v) is 3.34. The van der Waals surface area contributed by atoms with E-state index in [0.29, 0.717) is 34.2 Å². The summed E-state index contributed by atoms with van der Waals surface area (Å²) < 4.78 is 26.7. The molecule has 3 aromatic rings. The van der Waals surface area contributed by atoms with E-state index < -0.39 is 16.0 Å². The summed E-state index contributed by atoms with van der Waals surface area (Å²) in [7, 11) is -3.39. The molecule has 0 radical (unpaired) electrons. The number of carboxylic acid groups (broad SMARTS) is 1. The van der Waals surface area contributed by atoms with Crippen LogP contribution >= 0.6 is 11.6 Å². The van der Waals surface area contributed by atoms with Gasteiger partial charge in [-0.3, -0.25) is 4.72 Å². The predicted molar refractivity (Wildman–Crippen MR) is 98.2 cm³/mol. The summed E-state index contributed by atoms with van der Waals surface area (Å²) in [6.45, 7) is 2.10. The zero-order valence-electron chi connectivity index (χ0n) is 13.9. The van der Waals surface area contributed by atoms with Crippen LogP contribution in [0.15, 0.2) is 30.3 Å². The van der Waals surface area contributed by atoms with Crippen molar-refractivity contribution >= 4 is 44.4 Å². The minimum Gasteiger partial charge on any atom is -0.477 e. The first-order valence-electron chi connectivity index (χ1n) is 7.47. The molecule has 0 aliphatic rings. The molecule has 0 aliphatic carbocycles. The van der Waals surface area contributed by atoms with E-state index in [1.54, 1.807) is 29.7 Å². The number of fused-ring (bicyclic) bond motifs is 1. The molecule has 0 atom stereocenters. The van der Waals surface area contributed by atoms with Crippen LogP contribution in [-0.2, 0) is 16.6 Å². The van der Waals surface area contributed by atoms with E-state index >= 15 is 0 Å². The number of benzene rings is 1. The Bertz CT molecular complexity index is 1120. The highest BCUT2D eigenvalue weighted by molar-refractivity contribution is 7.92. The van der Waals surface area contributed by atoms with Gasteiger partial charge in [0, 0.05) is 10.7 Å². The van der Waals surface area contributed by atoms with Gasteiger partial charge in [0.25, 0.3) is 0 Å². The first kappa shape index (κ1) is 18.2. The zero-order valence-corrected chi connectivity index (χ0v) is 15.5. The molecule has 0 amide bonds. The predicted octanol–water partition coefficient (Wildman–Crippen LogP) is 2.51. The van der Waals surface area contributed by atoms with Gasteiger partial charge in [-0.15, -0.1) is 0 Å². The largest absolute Gasteiger partial charge is 0.477 e. The van der Waals surface area contributed by atoms with Gasteiger partial charge < -0.3 is 9.67 Å². The van der Waals surface area contributed by atoms with Gasteiger partial charge in [-0.1, -0.05) is 17.7 Å². The molecule has 0 aliphatic heterocycles. The van der Waals surface area contributed by atoms with Gasteiger partial charge in [0.15, 0.2) is 11.3 Å². The van der Waals surface area contributed by atoms with Gasteiger partial charge in [0.05, 0.1) is 12.8 Å². The number of rotatable bonds is 5. The first-order valence-corrected chi connectivity index (χ1v) is 9.74. The Kier molecular flexibility index (Phi) is 4.59. The van der Waals surface area contributed by atoms with Crippen LogP contribution in [0.3, 0.4) is 0 Å². The Morgan fingerprint density at radius 3 is 2.62 bits per heavy atom. The lowest BCUT2D eigenvalue weighted by atomic mass is 10.2. The highest BCUT2D eigenvalue weighted by Gasteiger charge is 2.14. The number of aromatic nitrogens is 3. The summed E-state index contributed by atoms with van der Waals surface area (Å²) in [6, 6.07) is 7.83. The van der Waals surface area contributed by atoms with Crippen LogP contribution in [-0.4, -0.2) is 40.3 Å². The van der Waals surface area contributed by atoms with Crippen molar-refractivity contribution in [2.75, 3.05) is 11.0 Å². The first-order chi connectivity index (χ1) is 12.1. The van der Waals surface area contributed by atoms with E-state index in [9.17, 15) is 13.2 Å². The fourth-order valence-electron chi connectivity index (χ4n) is 2.55. The highest BCUT2D eigenvalue weighted by Crippen LogP contribution is 2.24. The number of hydrogen-bond acceptors (Lipinski definition) is 5. The number of pyridine rings is 1. The van der Waals surface area contributed by atoms with Crippen LogP contribution < -0.4 is 4.72 Å². The van der Waals surface area contributed by atoms with Crippen LogP contribution in [0, 0.1) is 6.92 Å². The van der Waals surface area contributed by atoms with Crippen LogP contribution in [0.1, 0.15) is 21.9 Å². The highest BCUT2D eigenvalue weighted by atomic mass is 35.5. The maximum Gasteiger partial charge on any atom is 0.354 e. The number of imidazole rings is 1. The third kappa shape index (κ3) is 3.78. The lowest BCUT2D eigenvalue weighted by Gasteiger charge is -2.11. The summed E-state index contributed by atoms with van der Waals surface area (Å²) in [4.78, 5) is 19.7. The molecule has 0 unspecified atom stereocenters. The SMILES string of the molecule is Cc1nc2ccc(C(=O)O)nc2n1Cc1ccc(NS(C)(=O)=O)cc1Cl. The number of hydrogen-bond donors (Lipinski definition) is 2. The van der Waals surface area contributed by atoms with Crippen LogP contribution in [0.2, 0.25) is 5.02 Å². The molecule has 0 saturated carbocycles. The van der Waals surface area contributed by atoms with E-state index in [4.69, 9.17) is 16.7 Å². The molecule has 0 fully saturated rings. The molecule has 8 nitrogen and oxygen atoms in total. The summed E-state index contributed by atoms with van der Waals surface area (Å²) in [5.41, 5.74) is 2.03. The van der Waals surface area contributed by atoms with Crippen molar-refractivity contribution < 1.29 is 18.3 Å². The van der Waals surface area contributed by atoms with E-state index in [2.05, 4.69) is 14.7 Å². The van der Waals surface area contributed by atoms with Crippen LogP contribution in [0.25, 0.3) is 11.2 Å². The summed E-state index contributed by atoms with van der Waals surface area (Å²) >= 11 is 6.28. The third-order valence-electron chi connectivity index (χ3n) is 3.69. The molecule has 0 saturated heterocycles. The van der Waals surface area contributed by atoms with Crippen molar-refractivity contribution in [1.82, 2.24) is 14.5 Å². The number of carboxylic acids is 1. The number of aryl methyl sites for hydroxylation is 1. The summed E-state index contributed by atoms with van der Waals surface area (Å²) in [5, 5.41) is 9.50. The number of halogens is 1. The molecule has 136 valence electrons. The summed E-state index contributed by atoms with van der Waals surface area (Å²) in [6.07, 6.45) is 1.06. The van der Waals surface area contributed by atoms with Crippen molar-refractivity contribution in [1.29, 1.82) is 0 Å². The molecule has 2 N–H and O–H groups in total. The van der Waals surface area contributed by atoms with Crippen molar-refractivity contribution in [3.8, 4) is 0 Å². The molecule has 2 heterocycles. The van der Waals surface area contributed by atoms with Gasteiger partial charge in [-0.25, -0.2) is 23.2 Å². The Hall–Kier alpha value is -2.65. The minimum absolute atomic E-state index is 0.0718. The van der Waals surface area contributed by atoms with Crippen molar-refractivity contribution in [2.45, 2.75) is 13.5 Å². The monoisotopic (exact) mass is 394 g/mol. The average molecular weight is 395 g/mol. The van der Waals surface area contributed by atoms with E-state index in [1.807, 2.05) is 0 Å². The van der Waals surface area contributed by atoms with Gasteiger partial charge >= 0.3 is 5.97 Å². The summed E-state index contributed by atoms with van der Waals surface area (Å²) in [5.74, 6) is -0.462. The minimum atomic E-state index is -3.39. The fraction of sp³-hybridized carbons (Fsp3) is 0.188. The molecular weight excluding hydrogens is 380 g/mol. The Labute approximate surface area is 154 Å². The van der Waals surface area contributed by atoms with Gasteiger partial charge in [-0.2, -0.15) is 0 Å². The van der Waals surface area contributed by atoms with E-state index in [-0.39, 0.29) is 5.69 Å². The second kappa shape index (κ2) is 6.58. The Morgan fingerprint density at radius 2 is 2.00 bits per heavy atom. The topological polar surface area (TPSA) is 114 Å². The lowest BCUT2D eigenvalue weighted by molar-refractivity contribution is 0.0691. The lowest BCUT2D eigenvalue weighted by Crippen LogP contribution is -2.10. The molecule has 3 rings (SSSR count).